The number of para-hydroxylation sites is 2. The molecule has 0 bridgehead atoms. The Balaban J connectivity index is 1.47. The molecule has 1 unspecified atom stereocenters. The topological polar surface area (TPSA) is 66.7 Å². The van der Waals surface area contributed by atoms with Gasteiger partial charge in [0.2, 0.25) is 0 Å². The Hall–Kier alpha value is -2.84. The smallest absolute Gasteiger partial charge is 0.387 e. The maximum Gasteiger partial charge on any atom is 0.387 e. The molecule has 0 amide bonds. The van der Waals surface area contributed by atoms with E-state index in [4.69, 9.17) is 0 Å². The average Bonchev–Trinajstić information content (AvgIpc) is 3.36. The molecular formula is C19H26F2N6O. The van der Waals surface area contributed by atoms with Gasteiger partial charge in [-0.1, -0.05) is 12.1 Å². The van der Waals surface area contributed by atoms with Crippen LogP contribution in [0, 0.1) is 0 Å². The van der Waals surface area contributed by atoms with Gasteiger partial charge in [-0.3, -0.25) is 9.67 Å². The van der Waals surface area contributed by atoms with E-state index in [1.54, 1.807) is 25.4 Å². The summed E-state index contributed by atoms with van der Waals surface area (Å²) in [6, 6.07) is 8.99. The molecule has 1 aliphatic rings. The summed E-state index contributed by atoms with van der Waals surface area (Å²) in [6.07, 6.45) is 5.52. The zero-order valence-corrected chi connectivity index (χ0v) is 15.9. The van der Waals surface area contributed by atoms with E-state index in [2.05, 4.69) is 30.4 Å². The summed E-state index contributed by atoms with van der Waals surface area (Å²) >= 11 is 0. The Labute approximate surface area is 163 Å². The minimum Gasteiger partial charge on any atom is -0.433 e. The van der Waals surface area contributed by atoms with E-state index in [-0.39, 0.29) is 11.8 Å². The Morgan fingerprint density at radius 3 is 2.96 bits per heavy atom. The fourth-order valence-electron chi connectivity index (χ4n) is 3.28. The number of ether oxygens (including phenoxy) is 1. The second kappa shape index (κ2) is 9.91. The Morgan fingerprint density at radius 2 is 2.21 bits per heavy atom. The van der Waals surface area contributed by atoms with Crippen LogP contribution < -0.4 is 20.3 Å². The van der Waals surface area contributed by atoms with Gasteiger partial charge in [0.15, 0.2) is 5.96 Å². The molecule has 2 N–H and O–H groups in total. The Kier molecular flexibility index (Phi) is 7.05. The molecule has 7 nitrogen and oxygen atoms in total. The van der Waals surface area contributed by atoms with Gasteiger partial charge >= 0.3 is 6.61 Å². The molecule has 1 aromatic carbocycles. The zero-order valence-electron chi connectivity index (χ0n) is 15.9. The highest BCUT2D eigenvalue weighted by molar-refractivity contribution is 5.80. The lowest BCUT2D eigenvalue weighted by molar-refractivity contribution is -0.0495. The van der Waals surface area contributed by atoms with Gasteiger partial charge in [-0.15, -0.1) is 0 Å². The van der Waals surface area contributed by atoms with Crippen molar-refractivity contribution in [1.29, 1.82) is 0 Å². The predicted octanol–water partition coefficient (Wildman–Crippen LogP) is 2.32. The van der Waals surface area contributed by atoms with Gasteiger partial charge < -0.3 is 20.3 Å². The van der Waals surface area contributed by atoms with Crippen LogP contribution >= 0.6 is 0 Å². The summed E-state index contributed by atoms with van der Waals surface area (Å²) in [6.45, 7) is 0.244. The van der Waals surface area contributed by atoms with Crippen LogP contribution in [0.3, 0.4) is 0 Å². The van der Waals surface area contributed by atoms with Crippen LogP contribution in [0.5, 0.6) is 5.75 Å². The number of anilines is 1. The molecule has 1 aromatic heterocycles. The Morgan fingerprint density at radius 1 is 1.36 bits per heavy atom. The maximum absolute atomic E-state index is 12.6. The second-order valence-corrected chi connectivity index (χ2v) is 6.54. The number of rotatable bonds is 8. The summed E-state index contributed by atoms with van der Waals surface area (Å²) in [7, 11) is 1.74. The summed E-state index contributed by atoms with van der Waals surface area (Å²) in [4.78, 5) is 6.33. The predicted molar refractivity (Wildman–Crippen MR) is 105 cm³/mol. The van der Waals surface area contributed by atoms with Gasteiger partial charge in [0.1, 0.15) is 5.75 Å². The van der Waals surface area contributed by atoms with Crippen molar-refractivity contribution in [2.75, 3.05) is 31.6 Å². The van der Waals surface area contributed by atoms with Crippen LogP contribution in [0.25, 0.3) is 0 Å². The van der Waals surface area contributed by atoms with Crippen molar-refractivity contribution in [3.8, 4) is 5.75 Å². The Bertz CT molecular complexity index is 753. The summed E-state index contributed by atoms with van der Waals surface area (Å²) in [5.41, 5.74) is 0.689. The number of aryl methyl sites for hydroxylation is 1. The van der Waals surface area contributed by atoms with E-state index >= 15 is 0 Å². The number of hydrogen-bond donors (Lipinski definition) is 2. The zero-order chi connectivity index (χ0) is 19.8. The monoisotopic (exact) mass is 392 g/mol. The van der Waals surface area contributed by atoms with Crippen molar-refractivity contribution in [3.05, 3.63) is 42.7 Å². The van der Waals surface area contributed by atoms with Gasteiger partial charge in [0.05, 0.1) is 5.69 Å². The molecule has 0 radical (unpaired) electrons. The van der Waals surface area contributed by atoms with Crippen molar-refractivity contribution in [2.24, 2.45) is 4.99 Å². The third kappa shape index (κ3) is 5.58. The second-order valence-electron chi connectivity index (χ2n) is 6.54. The number of alkyl halides is 2. The number of nitrogens with zero attached hydrogens (tertiary/aromatic N) is 4. The minimum absolute atomic E-state index is 0.178. The molecule has 1 aliphatic heterocycles. The van der Waals surface area contributed by atoms with Gasteiger partial charge in [-0.25, -0.2) is 0 Å². The average molecular weight is 392 g/mol. The normalized spacial score (nSPS) is 17.2. The SMILES string of the molecule is CN=C(NCCCn1cccn1)NC1CCN(c2ccccc2OC(F)F)C1. The van der Waals surface area contributed by atoms with Crippen LogP contribution in [0.1, 0.15) is 12.8 Å². The molecule has 0 aliphatic carbocycles. The lowest BCUT2D eigenvalue weighted by atomic mass is 10.2. The first-order valence-corrected chi connectivity index (χ1v) is 9.39. The van der Waals surface area contributed by atoms with E-state index in [1.807, 2.05) is 29.1 Å². The first kappa shape index (κ1) is 19.9. The molecule has 1 atom stereocenters. The van der Waals surface area contributed by atoms with E-state index in [1.165, 1.54) is 0 Å². The van der Waals surface area contributed by atoms with Crippen LogP contribution in [0.2, 0.25) is 0 Å². The van der Waals surface area contributed by atoms with Crippen LogP contribution in [-0.2, 0) is 6.54 Å². The lowest BCUT2D eigenvalue weighted by Gasteiger charge is -2.22. The number of aromatic nitrogens is 2. The number of guanidine groups is 1. The third-order valence-corrected chi connectivity index (χ3v) is 4.59. The van der Waals surface area contributed by atoms with Gasteiger partial charge in [0.25, 0.3) is 0 Å². The fourth-order valence-corrected chi connectivity index (χ4v) is 3.28. The quantitative estimate of drug-likeness (QED) is 0.410. The van der Waals surface area contributed by atoms with Gasteiger partial charge in [0, 0.05) is 51.7 Å². The molecular weight excluding hydrogens is 366 g/mol. The molecule has 0 saturated carbocycles. The first-order valence-electron chi connectivity index (χ1n) is 9.39. The first-order chi connectivity index (χ1) is 13.7. The molecule has 2 aromatic rings. The standard InChI is InChI=1S/C19H26F2N6O/c1-22-19(23-9-4-11-27-12-5-10-24-27)25-15-8-13-26(14-15)16-6-2-3-7-17(16)28-18(20)21/h2-3,5-7,10,12,15,18H,4,8-9,11,13-14H2,1H3,(H2,22,23,25). The molecule has 1 fully saturated rings. The van der Waals surface area contributed by atoms with E-state index in [9.17, 15) is 8.78 Å². The summed E-state index contributed by atoms with van der Waals surface area (Å²) in [5.74, 6) is 0.948. The maximum atomic E-state index is 12.6. The fraction of sp³-hybridized carbons (Fsp3) is 0.474. The summed E-state index contributed by atoms with van der Waals surface area (Å²) < 4.78 is 31.8. The van der Waals surface area contributed by atoms with Crippen molar-refractivity contribution in [2.45, 2.75) is 32.0 Å². The minimum atomic E-state index is -2.83. The van der Waals surface area contributed by atoms with Gasteiger partial charge in [-0.2, -0.15) is 13.9 Å². The van der Waals surface area contributed by atoms with Crippen molar-refractivity contribution in [3.63, 3.8) is 0 Å². The molecule has 9 heteroatoms. The van der Waals surface area contributed by atoms with E-state index in [0.29, 0.717) is 12.2 Å². The van der Waals surface area contributed by atoms with Gasteiger partial charge in [-0.05, 0) is 31.0 Å². The van der Waals surface area contributed by atoms with E-state index < -0.39 is 6.61 Å². The third-order valence-electron chi connectivity index (χ3n) is 4.59. The summed E-state index contributed by atoms with van der Waals surface area (Å²) in [5, 5.41) is 10.9. The lowest BCUT2D eigenvalue weighted by Crippen LogP contribution is -2.45. The number of hydrogen-bond acceptors (Lipinski definition) is 4. The van der Waals surface area contributed by atoms with Crippen LogP contribution in [0.15, 0.2) is 47.7 Å². The molecule has 2 heterocycles. The van der Waals surface area contributed by atoms with Crippen molar-refractivity contribution < 1.29 is 13.5 Å². The molecule has 0 spiro atoms. The van der Waals surface area contributed by atoms with Crippen molar-refractivity contribution in [1.82, 2.24) is 20.4 Å². The molecule has 28 heavy (non-hydrogen) atoms. The number of nitrogens with one attached hydrogen (secondary N) is 2. The molecule has 3 rings (SSSR count). The van der Waals surface area contributed by atoms with Crippen LogP contribution in [0.4, 0.5) is 14.5 Å². The highest BCUT2D eigenvalue weighted by atomic mass is 19.3. The highest BCUT2D eigenvalue weighted by Gasteiger charge is 2.25. The molecule has 1 saturated heterocycles. The number of benzene rings is 1. The van der Waals surface area contributed by atoms with Crippen LogP contribution in [-0.4, -0.2) is 55.1 Å². The largest absolute Gasteiger partial charge is 0.433 e. The number of halogens is 2. The van der Waals surface area contributed by atoms with Crippen molar-refractivity contribution >= 4 is 11.6 Å². The number of aliphatic imine (C=N–C) groups is 1. The molecule has 152 valence electrons. The van der Waals surface area contributed by atoms with E-state index in [0.717, 1.165) is 38.4 Å². The highest BCUT2D eigenvalue weighted by Crippen LogP contribution is 2.31.